The Morgan fingerprint density at radius 3 is 2.78 bits per heavy atom. The third kappa shape index (κ3) is 3.77. The second kappa shape index (κ2) is 7.47. The molecule has 1 saturated carbocycles. The van der Waals surface area contributed by atoms with Gasteiger partial charge < -0.3 is 9.64 Å². The quantitative estimate of drug-likeness (QED) is 0.849. The van der Waals surface area contributed by atoms with Gasteiger partial charge in [0.25, 0.3) is 0 Å². The molecule has 0 unspecified atom stereocenters. The van der Waals surface area contributed by atoms with E-state index < -0.39 is 10.8 Å². The van der Waals surface area contributed by atoms with Crippen LogP contribution in [0.15, 0.2) is 18.2 Å². The number of amides is 1. The molecule has 23 heavy (non-hydrogen) atoms. The minimum atomic E-state index is -1.04. The summed E-state index contributed by atoms with van der Waals surface area (Å²) >= 11 is 0. The molecule has 0 radical (unpaired) electrons. The summed E-state index contributed by atoms with van der Waals surface area (Å²) in [5.74, 6) is 0.986. The highest BCUT2D eigenvalue weighted by Gasteiger charge is 2.27. The van der Waals surface area contributed by atoms with Gasteiger partial charge in [-0.3, -0.25) is 9.00 Å². The van der Waals surface area contributed by atoms with Gasteiger partial charge in [-0.25, -0.2) is 0 Å². The lowest BCUT2D eigenvalue weighted by molar-refractivity contribution is -0.116. The fourth-order valence-corrected chi connectivity index (χ4v) is 5.10. The number of carbonyl (C=O) groups excluding carboxylic acids is 1. The van der Waals surface area contributed by atoms with Crippen molar-refractivity contribution in [2.75, 3.05) is 24.3 Å². The molecule has 0 spiro atoms. The third-order valence-corrected chi connectivity index (χ3v) is 6.64. The van der Waals surface area contributed by atoms with Crippen LogP contribution >= 0.6 is 0 Å². The lowest BCUT2D eigenvalue weighted by Crippen LogP contribution is -2.39. The third-order valence-electron chi connectivity index (χ3n) is 4.90. The van der Waals surface area contributed by atoms with Crippen LogP contribution in [-0.2, 0) is 22.0 Å². The number of hydrogen-bond acceptors (Lipinski definition) is 3. The predicted octanol–water partition coefficient (Wildman–Crippen LogP) is 3.06. The molecule has 1 aromatic rings. The Hall–Kier alpha value is -1.36. The lowest BCUT2D eigenvalue weighted by atomic mass is 10.0. The molecule has 126 valence electrons. The monoisotopic (exact) mass is 335 g/mol. The molecule has 0 N–H and O–H groups in total. The van der Waals surface area contributed by atoms with Gasteiger partial charge in [-0.05, 0) is 49.4 Å². The van der Waals surface area contributed by atoms with Gasteiger partial charge in [-0.15, -0.1) is 0 Å². The number of hydrogen-bond donors (Lipinski definition) is 0. The summed E-state index contributed by atoms with van der Waals surface area (Å²) in [6, 6.07) is 5.85. The molecule has 1 aliphatic carbocycles. The van der Waals surface area contributed by atoms with E-state index in [1.165, 1.54) is 6.42 Å². The zero-order chi connectivity index (χ0) is 16.2. The molecule has 1 atom stereocenters. The van der Waals surface area contributed by atoms with Crippen LogP contribution < -0.4 is 9.64 Å². The molecule has 2 aliphatic rings. The molecule has 1 amide bonds. The maximum atomic E-state index is 12.7. The first-order chi connectivity index (χ1) is 11.2. The van der Waals surface area contributed by atoms with E-state index in [-0.39, 0.29) is 16.9 Å². The molecular weight excluding hydrogens is 310 g/mol. The summed E-state index contributed by atoms with van der Waals surface area (Å²) in [6.07, 6.45) is 7.46. The number of methoxy groups -OCH3 is 1. The van der Waals surface area contributed by atoms with Gasteiger partial charge in [0.15, 0.2) is 0 Å². The first kappa shape index (κ1) is 16.5. The van der Waals surface area contributed by atoms with Crippen LogP contribution in [0.5, 0.6) is 5.75 Å². The van der Waals surface area contributed by atoms with E-state index in [1.54, 1.807) is 7.11 Å². The summed E-state index contributed by atoms with van der Waals surface area (Å²) in [5, 5.41) is 0.216. The SMILES string of the molecule is COc1ccc2c(c1)CCCN2C(=O)C[S@](=O)C1CCCCC1. The summed E-state index contributed by atoms with van der Waals surface area (Å²) in [4.78, 5) is 14.5. The number of nitrogens with zero attached hydrogens (tertiary/aromatic N) is 1. The lowest BCUT2D eigenvalue weighted by Gasteiger charge is -2.30. The van der Waals surface area contributed by atoms with Crippen molar-refractivity contribution >= 4 is 22.4 Å². The van der Waals surface area contributed by atoms with E-state index in [0.29, 0.717) is 0 Å². The standard InChI is InChI=1S/C18H25NO3S/c1-22-15-9-10-17-14(12-15)6-5-11-19(17)18(20)13-23(21)16-7-3-2-4-8-16/h9-10,12,16H,2-8,11,13H2,1H3/t23-/m0/s1. The minimum Gasteiger partial charge on any atom is -0.497 e. The number of ether oxygens (including phenoxy) is 1. The van der Waals surface area contributed by atoms with Gasteiger partial charge in [-0.1, -0.05) is 19.3 Å². The van der Waals surface area contributed by atoms with E-state index >= 15 is 0 Å². The largest absolute Gasteiger partial charge is 0.497 e. The summed E-state index contributed by atoms with van der Waals surface area (Å²) < 4.78 is 17.8. The van der Waals surface area contributed by atoms with Crippen molar-refractivity contribution in [1.82, 2.24) is 0 Å². The van der Waals surface area contributed by atoms with Crippen LogP contribution in [0.25, 0.3) is 0 Å². The molecule has 4 nitrogen and oxygen atoms in total. The minimum absolute atomic E-state index is 0.0000219. The zero-order valence-electron chi connectivity index (χ0n) is 13.8. The topological polar surface area (TPSA) is 46.6 Å². The molecule has 1 aliphatic heterocycles. The van der Waals surface area contributed by atoms with Crippen molar-refractivity contribution in [3.05, 3.63) is 23.8 Å². The molecule has 1 heterocycles. The van der Waals surface area contributed by atoms with Crippen LogP contribution in [0, 0.1) is 0 Å². The number of fused-ring (bicyclic) bond motifs is 1. The Kier molecular flexibility index (Phi) is 5.36. The fourth-order valence-electron chi connectivity index (χ4n) is 3.61. The van der Waals surface area contributed by atoms with Gasteiger partial charge in [0.2, 0.25) is 5.91 Å². The zero-order valence-corrected chi connectivity index (χ0v) is 14.6. The van der Waals surface area contributed by atoms with Crippen molar-refractivity contribution in [2.24, 2.45) is 0 Å². The van der Waals surface area contributed by atoms with Crippen LogP contribution in [0.4, 0.5) is 5.69 Å². The van der Waals surface area contributed by atoms with Gasteiger partial charge in [0.1, 0.15) is 11.5 Å². The molecule has 1 fully saturated rings. The first-order valence-corrected chi connectivity index (χ1v) is 9.91. The Balaban J connectivity index is 1.70. The normalized spacial score (nSPS) is 20.0. The highest BCUT2D eigenvalue weighted by molar-refractivity contribution is 7.86. The molecule has 0 aromatic heterocycles. The van der Waals surface area contributed by atoms with Gasteiger partial charge >= 0.3 is 0 Å². The van der Waals surface area contributed by atoms with Gasteiger partial charge in [-0.2, -0.15) is 0 Å². The maximum Gasteiger partial charge on any atom is 0.239 e. The fraction of sp³-hybridized carbons (Fsp3) is 0.611. The Morgan fingerprint density at radius 2 is 2.04 bits per heavy atom. The predicted molar refractivity (Wildman–Crippen MR) is 93.6 cm³/mol. The van der Waals surface area contributed by atoms with Crippen LogP contribution in [0.3, 0.4) is 0 Å². The number of aryl methyl sites for hydroxylation is 1. The van der Waals surface area contributed by atoms with Crippen molar-refractivity contribution in [3.8, 4) is 5.75 Å². The Bertz CT molecular complexity index is 596. The summed E-state index contributed by atoms with van der Waals surface area (Å²) in [6.45, 7) is 0.722. The maximum absolute atomic E-state index is 12.7. The molecule has 0 bridgehead atoms. The average Bonchev–Trinajstić information content (AvgIpc) is 2.61. The number of rotatable bonds is 4. The van der Waals surface area contributed by atoms with E-state index in [2.05, 4.69) is 0 Å². The van der Waals surface area contributed by atoms with Crippen molar-refractivity contribution in [2.45, 2.75) is 50.2 Å². The molecule has 1 aromatic carbocycles. The molecule has 0 saturated heterocycles. The molecule has 3 rings (SSSR count). The van der Waals surface area contributed by atoms with E-state index in [9.17, 15) is 9.00 Å². The van der Waals surface area contributed by atoms with E-state index in [1.807, 2.05) is 23.1 Å². The van der Waals surface area contributed by atoms with Crippen molar-refractivity contribution < 1.29 is 13.7 Å². The highest BCUT2D eigenvalue weighted by atomic mass is 32.2. The smallest absolute Gasteiger partial charge is 0.239 e. The first-order valence-electron chi connectivity index (χ1n) is 8.53. The van der Waals surface area contributed by atoms with E-state index in [0.717, 1.165) is 62.1 Å². The van der Waals surface area contributed by atoms with Crippen molar-refractivity contribution in [3.63, 3.8) is 0 Å². The summed E-state index contributed by atoms with van der Waals surface area (Å²) in [7, 11) is 0.617. The van der Waals surface area contributed by atoms with Crippen molar-refractivity contribution in [1.29, 1.82) is 0 Å². The molecule has 5 heteroatoms. The average molecular weight is 335 g/mol. The Morgan fingerprint density at radius 1 is 1.26 bits per heavy atom. The van der Waals surface area contributed by atoms with Crippen LogP contribution in [0.1, 0.15) is 44.1 Å². The number of anilines is 1. The van der Waals surface area contributed by atoms with Crippen LogP contribution in [0.2, 0.25) is 0 Å². The summed E-state index contributed by atoms with van der Waals surface area (Å²) in [5.41, 5.74) is 2.11. The Labute approximate surface area is 140 Å². The van der Waals surface area contributed by atoms with E-state index in [4.69, 9.17) is 4.74 Å². The van der Waals surface area contributed by atoms with Crippen LogP contribution in [-0.4, -0.2) is 34.8 Å². The van der Waals surface area contributed by atoms with Gasteiger partial charge in [0.05, 0.1) is 7.11 Å². The number of benzene rings is 1. The molecular formula is C18H25NO3S. The van der Waals surface area contributed by atoms with Gasteiger partial charge in [0, 0.05) is 28.3 Å². The highest BCUT2D eigenvalue weighted by Crippen LogP contribution is 2.31. The number of carbonyl (C=O) groups is 1. The second-order valence-electron chi connectivity index (χ2n) is 6.43. The second-order valence-corrected chi connectivity index (χ2v) is 8.15.